The first-order chi connectivity index (χ1) is 8.84. The van der Waals surface area contributed by atoms with Gasteiger partial charge in [0.25, 0.3) is 0 Å². The Balaban J connectivity index is 2.02. The molecule has 0 bridgehead atoms. The molecule has 4 rings (SSSR count). The summed E-state index contributed by atoms with van der Waals surface area (Å²) in [6.07, 6.45) is 1.37. The molecule has 1 fully saturated rings. The summed E-state index contributed by atoms with van der Waals surface area (Å²) >= 11 is 0. The van der Waals surface area contributed by atoms with E-state index in [9.17, 15) is 4.79 Å². The largest absolute Gasteiger partial charge is 0.274 e. The Kier molecular flexibility index (Phi) is 1.87. The molecule has 3 nitrogen and oxygen atoms in total. The van der Waals surface area contributed by atoms with Gasteiger partial charge in [-0.05, 0) is 16.8 Å². The van der Waals surface area contributed by atoms with Gasteiger partial charge in [0.15, 0.2) is 0 Å². The third-order valence-corrected chi connectivity index (χ3v) is 3.75. The van der Waals surface area contributed by atoms with Gasteiger partial charge in [0.2, 0.25) is 5.91 Å². The topological polar surface area (TPSA) is 32.7 Å². The van der Waals surface area contributed by atoms with Gasteiger partial charge in [0.1, 0.15) is 5.84 Å². The molecule has 0 unspecified atom stereocenters. The van der Waals surface area contributed by atoms with Crippen molar-refractivity contribution >= 4 is 28.2 Å². The molecule has 2 aromatic carbocycles. The predicted molar refractivity (Wildman–Crippen MR) is 71.8 cm³/mol. The maximum absolute atomic E-state index is 12.0. The molecule has 0 spiro atoms. The maximum Gasteiger partial charge on any atom is 0.232 e. The van der Waals surface area contributed by atoms with Crippen molar-refractivity contribution in [2.24, 2.45) is 4.99 Å². The highest BCUT2D eigenvalue weighted by molar-refractivity contribution is 6.23. The zero-order chi connectivity index (χ0) is 12.1. The SMILES string of the molecule is O=C1CCC2=NCc3c(ccc4ccccc34)N12. The molecule has 0 atom stereocenters. The van der Waals surface area contributed by atoms with Gasteiger partial charge in [-0.15, -0.1) is 0 Å². The van der Waals surface area contributed by atoms with Crippen LogP contribution in [0.25, 0.3) is 10.8 Å². The van der Waals surface area contributed by atoms with E-state index in [1.807, 2.05) is 12.1 Å². The Hall–Kier alpha value is -2.16. The Labute approximate surface area is 105 Å². The van der Waals surface area contributed by atoms with Crippen molar-refractivity contribution in [3.63, 3.8) is 0 Å². The van der Waals surface area contributed by atoms with E-state index in [1.165, 1.54) is 16.3 Å². The second-order valence-electron chi connectivity index (χ2n) is 4.75. The maximum atomic E-state index is 12.0. The quantitative estimate of drug-likeness (QED) is 0.692. The molecule has 2 heterocycles. The predicted octanol–water partition coefficient (Wildman–Crippen LogP) is 2.88. The summed E-state index contributed by atoms with van der Waals surface area (Å²) < 4.78 is 0. The Morgan fingerprint density at radius 2 is 1.94 bits per heavy atom. The number of aliphatic imine (C=N–C) groups is 1. The third kappa shape index (κ3) is 1.19. The molecule has 1 amide bonds. The van der Waals surface area contributed by atoms with E-state index in [0.717, 1.165) is 17.9 Å². The van der Waals surface area contributed by atoms with Gasteiger partial charge in [-0.1, -0.05) is 30.3 Å². The first-order valence-corrected chi connectivity index (χ1v) is 6.21. The van der Waals surface area contributed by atoms with Crippen molar-refractivity contribution in [1.29, 1.82) is 0 Å². The zero-order valence-corrected chi connectivity index (χ0v) is 9.89. The second kappa shape index (κ2) is 3.42. The number of benzene rings is 2. The molecule has 2 aliphatic rings. The van der Waals surface area contributed by atoms with Gasteiger partial charge >= 0.3 is 0 Å². The number of carbonyl (C=O) groups is 1. The molecule has 0 N–H and O–H groups in total. The van der Waals surface area contributed by atoms with E-state index in [-0.39, 0.29) is 5.91 Å². The van der Waals surface area contributed by atoms with E-state index in [2.05, 4.69) is 29.3 Å². The minimum absolute atomic E-state index is 0.171. The van der Waals surface area contributed by atoms with Crippen LogP contribution in [0.2, 0.25) is 0 Å². The zero-order valence-electron chi connectivity index (χ0n) is 9.89. The molecule has 2 aliphatic heterocycles. The number of amidine groups is 1. The van der Waals surface area contributed by atoms with Crippen LogP contribution in [0.15, 0.2) is 41.4 Å². The van der Waals surface area contributed by atoms with Crippen LogP contribution in [0.4, 0.5) is 5.69 Å². The summed E-state index contributed by atoms with van der Waals surface area (Å²) in [7, 11) is 0. The number of hydrogen-bond donors (Lipinski definition) is 0. The minimum Gasteiger partial charge on any atom is -0.274 e. The summed E-state index contributed by atoms with van der Waals surface area (Å²) in [6.45, 7) is 0.690. The Bertz CT molecular complexity index is 703. The van der Waals surface area contributed by atoms with Gasteiger partial charge < -0.3 is 0 Å². The second-order valence-corrected chi connectivity index (χ2v) is 4.75. The van der Waals surface area contributed by atoms with Crippen molar-refractivity contribution in [3.05, 3.63) is 42.0 Å². The lowest BCUT2D eigenvalue weighted by molar-refractivity contribution is -0.116. The molecule has 0 saturated carbocycles. The van der Waals surface area contributed by atoms with Crippen LogP contribution in [0, 0.1) is 0 Å². The molecule has 88 valence electrons. The van der Waals surface area contributed by atoms with Gasteiger partial charge in [-0.25, -0.2) is 0 Å². The number of nitrogens with zero attached hydrogens (tertiary/aromatic N) is 2. The third-order valence-electron chi connectivity index (χ3n) is 3.75. The molecular weight excluding hydrogens is 224 g/mol. The van der Waals surface area contributed by atoms with Crippen molar-refractivity contribution in [3.8, 4) is 0 Å². The smallest absolute Gasteiger partial charge is 0.232 e. The van der Waals surface area contributed by atoms with Crippen LogP contribution in [-0.2, 0) is 11.3 Å². The lowest BCUT2D eigenvalue weighted by Crippen LogP contribution is -2.32. The van der Waals surface area contributed by atoms with Crippen LogP contribution < -0.4 is 4.90 Å². The minimum atomic E-state index is 0.171. The van der Waals surface area contributed by atoms with Crippen LogP contribution in [0.5, 0.6) is 0 Å². The number of amides is 1. The number of hydrogen-bond acceptors (Lipinski definition) is 2. The highest BCUT2D eigenvalue weighted by Crippen LogP contribution is 2.35. The van der Waals surface area contributed by atoms with Crippen LogP contribution >= 0.6 is 0 Å². The Morgan fingerprint density at radius 3 is 2.89 bits per heavy atom. The first kappa shape index (κ1) is 9.83. The van der Waals surface area contributed by atoms with Crippen LogP contribution in [-0.4, -0.2) is 11.7 Å². The van der Waals surface area contributed by atoms with Gasteiger partial charge in [-0.2, -0.15) is 0 Å². The highest BCUT2D eigenvalue weighted by Gasteiger charge is 2.32. The van der Waals surface area contributed by atoms with Crippen molar-refractivity contribution in [2.45, 2.75) is 19.4 Å². The van der Waals surface area contributed by atoms with E-state index in [1.54, 1.807) is 4.90 Å². The summed E-state index contributed by atoms with van der Waals surface area (Å²) in [4.78, 5) is 18.3. The summed E-state index contributed by atoms with van der Waals surface area (Å²) in [6, 6.07) is 12.4. The Morgan fingerprint density at radius 1 is 1.06 bits per heavy atom. The standard InChI is InChI=1S/C15H12N2O/c18-15-8-7-14-16-9-12-11-4-2-1-3-10(11)5-6-13(12)17(14)15/h1-6H,7-9H2. The molecule has 1 saturated heterocycles. The lowest BCUT2D eigenvalue weighted by atomic mass is 10.0. The van der Waals surface area contributed by atoms with Gasteiger partial charge in [-0.3, -0.25) is 14.7 Å². The van der Waals surface area contributed by atoms with E-state index in [0.29, 0.717) is 13.0 Å². The van der Waals surface area contributed by atoms with Crippen LogP contribution in [0.1, 0.15) is 18.4 Å². The molecule has 0 aliphatic carbocycles. The monoisotopic (exact) mass is 236 g/mol. The van der Waals surface area contributed by atoms with E-state index < -0.39 is 0 Å². The first-order valence-electron chi connectivity index (χ1n) is 6.21. The average molecular weight is 236 g/mol. The van der Waals surface area contributed by atoms with Crippen molar-refractivity contribution < 1.29 is 4.79 Å². The molecule has 3 heteroatoms. The van der Waals surface area contributed by atoms with Crippen LogP contribution in [0.3, 0.4) is 0 Å². The molecule has 2 aromatic rings. The molecule has 0 radical (unpaired) electrons. The van der Waals surface area contributed by atoms with Gasteiger partial charge in [0.05, 0.1) is 12.2 Å². The summed E-state index contributed by atoms with van der Waals surface area (Å²) in [5.74, 6) is 1.10. The van der Waals surface area contributed by atoms with E-state index in [4.69, 9.17) is 0 Å². The number of rotatable bonds is 0. The molecule has 18 heavy (non-hydrogen) atoms. The fraction of sp³-hybridized carbons (Fsp3) is 0.200. The lowest BCUT2D eigenvalue weighted by Gasteiger charge is -2.25. The molecular formula is C15H12N2O. The van der Waals surface area contributed by atoms with Gasteiger partial charge in [0, 0.05) is 18.4 Å². The average Bonchev–Trinajstić information content (AvgIpc) is 2.80. The number of carbonyl (C=O) groups excluding carboxylic acids is 1. The number of fused-ring (bicyclic) bond motifs is 5. The highest BCUT2D eigenvalue weighted by atomic mass is 16.2. The fourth-order valence-corrected chi connectivity index (χ4v) is 2.88. The number of anilines is 1. The summed E-state index contributed by atoms with van der Waals surface area (Å²) in [5, 5.41) is 2.42. The summed E-state index contributed by atoms with van der Waals surface area (Å²) in [5.41, 5.74) is 2.20. The van der Waals surface area contributed by atoms with E-state index >= 15 is 0 Å². The van der Waals surface area contributed by atoms with Crippen molar-refractivity contribution in [1.82, 2.24) is 0 Å². The molecule has 0 aromatic heterocycles. The fourth-order valence-electron chi connectivity index (χ4n) is 2.88. The van der Waals surface area contributed by atoms with Crippen molar-refractivity contribution in [2.75, 3.05) is 4.90 Å². The normalized spacial score (nSPS) is 17.7.